The molecule has 4 rings (SSSR count). The molecule has 3 nitrogen and oxygen atoms in total. The molecular weight excluding hydrogens is 295 g/mol. The van der Waals surface area contributed by atoms with E-state index >= 15 is 0 Å². The topological polar surface area (TPSA) is 38.7 Å². The van der Waals surface area contributed by atoms with E-state index in [1.165, 1.54) is 6.42 Å². The number of aliphatic hydroxyl groups excluding tert-OH is 1. The summed E-state index contributed by atoms with van der Waals surface area (Å²) < 4.78 is 12.2. The molecule has 14 heavy (non-hydrogen) atoms. The lowest BCUT2D eigenvalue weighted by Crippen LogP contribution is -2.37. The summed E-state index contributed by atoms with van der Waals surface area (Å²) >= 11 is 2.50. The molecule has 2 aliphatic heterocycles. The molecule has 2 saturated carbocycles. The van der Waals surface area contributed by atoms with Crippen molar-refractivity contribution in [2.24, 2.45) is 23.7 Å². The molecule has 0 radical (unpaired) electrons. The Hall–Kier alpha value is 0.610. The van der Waals surface area contributed by atoms with Crippen LogP contribution in [0.3, 0.4) is 0 Å². The number of hydrogen-bond donors (Lipinski definition) is 1. The predicted octanol–water partition coefficient (Wildman–Crippen LogP) is 1.14. The summed E-state index contributed by atoms with van der Waals surface area (Å²) in [5.74, 6) is 1.59. The molecule has 0 aromatic carbocycles. The van der Waals surface area contributed by atoms with Gasteiger partial charge in [0.05, 0.1) is 6.10 Å². The van der Waals surface area contributed by atoms with E-state index in [2.05, 4.69) is 22.6 Å². The Morgan fingerprint density at radius 2 is 2.14 bits per heavy atom. The summed E-state index contributed by atoms with van der Waals surface area (Å²) in [4.78, 5) is 0. The highest BCUT2D eigenvalue weighted by atomic mass is 127. The van der Waals surface area contributed by atoms with Crippen molar-refractivity contribution in [3.05, 3.63) is 0 Å². The van der Waals surface area contributed by atoms with Gasteiger partial charge in [-0.3, -0.25) is 0 Å². The molecule has 2 aliphatic carbocycles. The lowest BCUT2D eigenvalue weighted by atomic mass is 9.78. The Bertz CT molecular complexity index is 310. The van der Waals surface area contributed by atoms with Crippen molar-refractivity contribution in [3.8, 4) is 0 Å². The quantitative estimate of drug-likeness (QED) is 0.539. The van der Waals surface area contributed by atoms with Crippen LogP contribution in [0.1, 0.15) is 13.3 Å². The number of alkyl halides is 1. The van der Waals surface area contributed by atoms with Gasteiger partial charge in [0.25, 0.3) is 0 Å². The summed E-state index contributed by atoms with van der Waals surface area (Å²) in [6, 6.07) is 0. The highest BCUT2D eigenvalue weighted by Gasteiger charge is 2.74. The highest BCUT2D eigenvalue weighted by Crippen LogP contribution is 2.68. The maximum Gasteiger partial charge on any atom is 0.172 e. The first-order chi connectivity index (χ1) is 6.62. The lowest BCUT2D eigenvalue weighted by molar-refractivity contribution is -0.261. The van der Waals surface area contributed by atoms with Gasteiger partial charge in [0, 0.05) is 15.8 Å². The van der Waals surface area contributed by atoms with E-state index in [-0.39, 0.29) is 0 Å². The van der Waals surface area contributed by atoms with Gasteiger partial charge < -0.3 is 14.6 Å². The molecule has 4 fully saturated rings. The Morgan fingerprint density at radius 3 is 2.93 bits per heavy atom. The third-order valence-electron chi connectivity index (χ3n) is 4.72. The Labute approximate surface area is 96.3 Å². The summed E-state index contributed by atoms with van der Waals surface area (Å²) in [5, 5.41) is 9.89. The molecule has 78 valence electrons. The van der Waals surface area contributed by atoms with Crippen molar-refractivity contribution < 1.29 is 14.6 Å². The Balaban J connectivity index is 1.88. The monoisotopic (exact) mass is 308 g/mol. The van der Waals surface area contributed by atoms with Gasteiger partial charge in [-0.05, 0) is 25.2 Å². The van der Waals surface area contributed by atoms with Gasteiger partial charge in [-0.1, -0.05) is 22.6 Å². The molecule has 2 heterocycles. The largest absolute Gasteiger partial charge is 0.368 e. The molecule has 8 atom stereocenters. The summed E-state index contributed by atoms with van der Waals surface area (Å²) in [7, 11) is 0. The van der Waals surface area contributed by atoms with Crippen molar-refractivity contribution >= 4 is 22.6 Å². The van der Waals surface area contributed by atoms with E-state index in [0.717, 1.165) is 0 Å². The van der Waals surface area contributed by atoms with Crippen LogP contribution in [0.5, 0.6) is 0 Å². The van der Waals surface area contributed by atoms with Gasteiger partial charge >= 0.3 is 0 Å². The first-order valence-electron chi connectivity index (χ1n) is 5.29. The van der Waals surface area contributed by atoms with E-state index in [9.17, 15) is 5.11 Å². The van der Waals surface area contributed by atoms with Crippen LogP contribution < -0.4 is 0 Å². The SMILES string of the molecule is C[C@@]12O[C@@H]3[C@@H](I)[C@H]4C[C@@H]3[C@@H]1[C@H]4[C@@H](O)O2. The number of rotatable bonds is 0. The van der Waals surface area contributed by atoms with Crippen molar-refractivity contribution in [1.82, 2.24) is 0 Å². The van der Waals surface area contributed by atoms with Crippen LogP contribution in [0.4, 0.5) is 0 Å². The van der Waals surface area contributed by atoms with E-state index in [1.54, 1.807) is 0 Å². The number of aliphatic hydroxyl groups is 1. The molecule has 4 heteroatoms. The average Bonchev–Trinajstić information content (AvgIpc) is 2.72. The summed E-state index contributed by atoms with van der Waals surface area (Å²) in [6.45, 7) is 2.00. The maximum absolute atomic E-state index is 9.89. The van der Waals surface area contributed by atoms with Crippen LogP contribution in [-0.2, 0) is 9.47 Å². The highest BCUT2D eigenvalue weighted by molar-refractivity contribution is 14.1. The molecule has 2 bridgehead atoms. The van der Waals surface area contributed by atoms with Crippen molar-refractivity contribution in [1.29, 1.82) is 0 Å². The minimum Gasteiger partial charge on any atom is -0.368 e. The minimum atomic E-state index is -0.585. The average molecular weight is 308 g/mol. The fourth-order valence-electron chi connectivity index (χ4n) is 4.38. The van der Waals surface area contributed by atoms with Crippen LogP contribution in [0, 0.1) is 23.7 Å². The van der Waals surface area contributed by atoms with Crippen molar-refractivity contribution in [2.45, 2.75) is 35.5 Å². The summed E-state index contributed by atoms with van der Waals surface area (Å²) in [6.07, 6.45) is 1.04. The lowest BCUT2D eigenvalue weighted by Gasteiger charge is -2.29. The smallest absolute Gasteiger partial charge is 0.172 e. The Morgan fingerprint density at radius 1 is 1.36 bits per heavy atom. The van der Waals surface area contributed by atoms with E-state index in [0.29, 0.717) is 33.7 Å². The maximum atomic E-state index is 9.89. The van der Waals surface area contributed by atoms with E-state index in [4.69, 9.17) is 9.47 Å². The van der Waals surface area contributed by atoms with Gasteiger partial charge in [-0.25, -0.2) is 0 Å². The fraction of sp³-hybridized carbons (Fsp3) is 1.00. The number of hydrogen-bond acceptors (Lipinski definition) is 3. The zero-order chi connectivity index (χ0) is 9.66. The van der Waals surface area contributed by atoms with Gasteiger partial charge in [-0.2, -0.15) is 0 Å². The van der Waals surface area contributed by atoms with Crippen LogP contribution in [0.25, 0.3) is 0 Å². The van der Waals surface area contributed by atoms with E-state index < -0.39 is 12.1 Å². The normalized spacial score (nSPS) is 73.5. The molecule has 0 aromatic heterocycles. The van der Waals surface area contributed by atoms with Crippen LogP contribution in [-0.4, -0.2) is 27.2 Å². The number of fused-ring (bicyclic) bond motifs is 2. The van der Waals surface area contributed by atoms with Gasteiger partial charge in [0.1, 0.15) is 0 Å². The van der Waals surface area contributed by atoms with Crippen LogP contribution >= 0.6 is 22.6 Å². The number of ether oxygens (including phenoxy) is 2. The van der Waals surface area contributed by atoms with Gasteiger partial charge in [0.2, 0.25) is 0 Å². The molecule has 1 N–H and O–H groups in total. The van der Waals surface area contributed by atoms with Crippen LogP contribution in [0.2, 0.25) is 0 Å². The molecule has 0 unspecified atom stereocenters. The first-order valence-corrected chi connectivity index (χ1v) is 6.54. The molecule has 0 amide bonds. The minimum absolute atomic E-state index is 0.339. The molecule has 2 saturated heterocycles. The second-order valence-electron chi connectivity index (χ2n) is 5.22. The van der Waals surface area contributed by atoms with Gasteiger partial charge in [0.15, 0.2) is 12.1 Å². The Kier molecular flexibility index (Phi) is 1.44. The molecule has 0 aromatic rings. The third kappa shape index (κ3) is 0.719. The van der Waals surface area contributed by atoms with Crippen LogP contribution in [0.15, 0.2) is 0 Å². The van der Waals surface area contributed by atoms with Crippen molar-refractivity contribution in [2.75, 3.05) is 0 Å². The fourth-order valence-corrected chi connectivity index (χ4v) is 5.84. The zero-order valence-electron chi connectivity index (χ0n) is 7.89. The van der Waals surface area contributed by atoms with Gasteiger partial charge in [-0.15, -0.1) is 0 Å². The molecule has 4 aliphatic rings. The molecular formula is C10H13IO3. The zero-order valence-corrected chi connectivity index (χ0v) is 10.0. The summed E-state index contributed by atoms with van der Waals surface area (Å²) in [5.41, 5.74) is 0. The van der Waals surface area contributed by atoms with Crippen molar-refractivity contribution in [3.63, 3.8) is 0 Å². The second-order valence-corrected chi connectivity index (χ2v) is 6.66. The third-order valence-corrected chi connectivity index (χ3v) is 6.35. The standard InChI is InChI=1S/C10H13IO3/c1-10-6-4-2-3(5(6)9(12)14-10)7(11)8(4)13-10/h3-9,12H,2H2,1H3/t3-,4+,5-,6+,7-,8-,9-,10-/m0/s1. The molecule has 0 spiro atoms. The number of halogens is 1. The second kappa shape index (κ2) is 2.31. The first kappa shape index (κ1) is 8.73. The predicted molar refractivity (Wildman–Crippen MR) is 56.8 cm³/mol. The van der Waals surface area contributed by atoms with E-state index in [1.807, 2.05) is 6.92 Å².